The van der Waals surface area contributed by atoms with Gasteiger partial charge in [0.2, 0.25) is 5.78 Å². The van der Waals surface area contributed by atoms with Crippen LogP contribution in [0.5, 0.6) is 0 Å². The van der Waals surface area contributed by atoms with E-state index in [2.05, 4.69) is 0 Å². The zero-order valence-corrected chi connectivity index (χ0v) is 10.8. The van der Waals surface area contributed by atoms with E-state index in [4.69, 9.17) is 5.73 Å². The van der Waals surface area contributed by atoms with E-state index in [1.54, 1.807) is 0 Å². The van der Waals surface area contributed by atoms with E-state index in [0.717, 1.165) is 0 Å². The summed E-state index contributed by atoms with van der Waals surface area (Å²) in [6.07, 6.45) is -8.78. The van der Waals surface area contributed by atoms with Crippen LogP contribution in [0, 0.1) is 0 Å². The van der Waals surface area contributed by atoms with Crippen LogP contribution in [0.15, 0.2) is 24.3 Å². The fraction of sp³-hybridized carbons (Fsp3) is 0.385. The second kappa shape index (κ2) is 6.79. The topological polar surface area (TPSA) is 101 Å². The number of hydrogen-bond acceptors (Lipinski definition) is 5. The molecule has 0 aliphatic heterocycles. The molecule has 1 rings (SSSR count). The molecule has 8 heteroatoms. The van der Waals surface area contributed by atoms with E-state index in [-0.39, 0.29) is 17.7 Å². The summed E-state index contributed by atoms with van der Waals surface area (Å²) in [6.45, 7) is -0.179. The third kappa shape index (κ3) is 4.62. The molecule has 0 heterocycles. The van der Waals surface area contributed by atoms with Crippen LogP contribution in [0.3, 0.4) is 0 Å². The van der Waals surface area contributed by atoms with Gasteiger partial charge >= 0.3 is 6.18 Å². The van der Waals surface area contributed by atoms with E-state index in [0.29, 0.717) is 0 Å². The zero-order chi connectivity index (χ0) is 16.2. The first-order valence-electron chi connectivity index (χ1n) is 5.96. The molecule has 0 bridgehead atoms. The highest BCUT2D eigenvalue weighted by atomic mass is 19.4. The fourth-order valence-corrected chi connectivity index (χ4v) is 1.57. The minimum Gasteiger partial charge on any atom is -0.389 e. The van der Waals surface area contributed by atoms with Crippen molar-refractivity contribution in [3.63, 3.8) is 0 Å². The van der Waals surface area contributed by atoms with Crippen molar-refractivity contribution in [2.24, 2.45) is 5.73 Å². The number of Topliss-reactive ketones (excluding diaryl/α,β-unsaturated/α-hetero) is 2. The Bertz CT molecular complexity index is 513. The van der Waals surface area contributed by atoms with E-state index in [1.165, 1.54) is 24.3 Å². The van der Waals surface area contributed by atoms with Crippen LogP contribution < -0.4 is 5.73 Å². The van der Waals surface area contributed by atoms with Gasteiger partial charge in [0.25, 0.3) is 0 Å². The maximum absolute atomic E-state index is 12.0. The molecular weight excluding hydrogens is 291 g/mol. The van der Waals surface area contributed by atoms with Crippen molar-refractivity contribution < 1.29 is 33.0 Å². The first-order valence-corrected chi connectivity index (χ1v) is 5.96. The second-order valence-corrected chi connectivity index (χ2v) is 4.39. The lowest BCUT2D eigenvalue weighted by molar-refractivity contribution is -0.170. The first-order chi connectivity index (χ1) is 9.66. The molecule has 2 unspecified atom stereocenters. The van der Waals surface area contributed by atoms with Gasteiger partial charge in [-0.05, 0) is 5.56 Å². The van der Waals surface area contributed by atoms with Gasteiger partial charge in [0.05, 0.1) is 12.5 Å². The molecule has 5 nitrogen and oxygen atoms in total. The molecule has 0 fully saturated rings. The second-order valence-electron chi connectivity index (χ2n) is 4.39. The molecule has 0 saturated carbocycles. The molecule has 0 aromatic heterocycles. The third-order valence-electron chi connectivity index (χ3n) is 2.82. The smallest absolute Gasteiger partial charge is 0.389 e. The Morgan fingerprint density at radius 2 is 1.67 bits per heavy atom. The van der Waals surface area contributed by atoms with Crippen LogP contribution in [0.4, 0.5) is 13.2 Å². The van der Waals surface area contributed by atoms with Crippen molar-refractivity contribution in [1.82, 2.24) is 0 Å². The minimum absolute atomic E-state index is 0.0919. The Labute approximate surface area is 118 Å². The van der Waals surface area contributed by atoms with Crippen molar-refractivity contribution in [2.75, 3.05) is 6.54 Å². The van der Waals surface area contributed by atoms with Crippen molar-refractivity contribution in [3.8, 4) is 0 Å². The predicted octanol–water partition coefficient (Wildman–Crippen LogP) is 0.744. The summed E-state index contributed by atoms with van der Waals surface area (Å²) in [5.41, 5.74) is 5.34. The van der Waals surface area contributed by atoms with E-state index >= 15 is 0 Å². The number of alkyl halides is 3. The largest absolute Gasteiger partial charge is 0.450 e. The van der Waals surface area contributed by atoms with Gasteiger partial charge in [0, 0.05) is 12.1 Å². The van der Waals surface area contributed by atoms with Gasteiger partial charge < -0.3 is 15.9 Å². The van der Waals surface area contributed by atoms with Crippen LogP contribution in [0.25, 0.3) is 0 Å². The molecule has 1 aromatic carbocycles. The fourth-order valence-electron chi connectivity index (χ4n) is 1.57. The van der Waals surface area contributed by atoms with Crippen molar-refractivity contribution in [1.29, 1.82) is 0 Å². The number of nitrogens with two attached hydrogens (primary N) is 1. The van der Waals surface area contributed by atoms with Gasteiger partial charge in [-0.15, -0.1) is 0 Å². The lowest BCUT2D eigenvalue weighted by atomic mass is 10.00. The number of hydrogen-bond donors (Lipinski definition) is 3. The lowest BCUT2D eigenvalue weighted by Crippen LogP contribution is -2.27. The highest BCUT2D eigenvalue weighted by Gasteiger charge is 2.39. The standard InChI is InChI=1S/C13H14F3NO4/c14-13(15,16)11(20)5-9(18)7-1-3-8(4-2-7)12(21)10(19)6-17/h1-4,10,12,19,21H,5-6,17H2. The Kier molecular flexibility index (Phi) is 5.59. The SMILES string of the molecule is NCC(O)C(O)c1ccc(C(=O)CC(=O)C(F)(F)F)cc1. The maximum Gasteiger partial charge on any atom is 0.450 e. The summed E-state index contributed by atoms with van der Waals surface area (Å²) in [5.74, 6) is -3.09. The maximum atomic E-state index is 12.0. The Morgan fingerprint density at radius 1 is 1.14 bits per heavy atom. The number of aliphatic hydroxyl groups excluding tert-OH is 2. The summed E-state index contributed by atoms with van der Waals surface area (Å²) >= 11 is 0. The van der Waals surface area contributed by atoms with E-state index < -0.39 is 36.4 Å². The number of aliphatic hydroxyl groups is 2. The molecule has 0 aliphatic rings. The van der Waals surface area contributed by atoms with Crippen molar-refractivity contribution in [2.45, 2.75) is 24.8 Å². The quantitative estimate of drug-likeness (QED) is 0.532. The number of rotatable bonds is 6. The van der Waals surface area contributed by atoms with Gasteiger partial charge in [-0.2, -0.15) is 13.2 Å². The molecule has 0 amide bonds. The Morgan fingerprint density at radius 3 is 2.10 bits per heavy atom. The Balaban J connectivity index is 2.79. The van der Waals surface area contributed by atoms with Gasteiger partial charge in [0.15, 0.2) is 5.78 Å². The molecule has 21 heavy (non-hydrogen) atoms. The van der Waals surface area contributed by atoms with Gasteiger partial charge in [-0.1, -0.05) is 24.3 Å². The summed E-state index contributed by atoms with van der Waals surface area (Å²) in [6, 6.07) is 4.89. The van der Waals surface area contributed by atoms with Crippen LogP contribution >= 0.6 is 0 Å². The van der Waals surface area contributed by atoms with Gasteiger partial charge in [-0.25, -0.2) is 0 Å². The van der Waals surface area contributed by atoms with Crippen molar-refractivity contribution in [3.05, 3.63) is 35.4 Å². The van der Waals surface area contributed by atoms with Crippen LogP contribution in [-0.4, -0.2) is 40.6 Å². The number of carbonyl (C=O) groups excluding carboxylic acids is 2. The molecule has 4 N–H and O–H groups in total. The monoisotopic (exact) mass is 305 g/mol. The summed E-state index contributed by atoms with van der Waals surface area (Å²) in [5, 5.41) is 19.0. The van der Waals surface area contributed by atoms with E-state index in [1.807, 2.05) is 0 Å². The normalized spacial score (nSPS) is 14.6. The lowest BCUT2D eigenvalue weighted by Gasteiger charge is -2.16. The average Bonchev–Trinajstić information content (AvgIpc) is 2.44. The zero-order valence-electron chi connectivity index (χ0n) is 10.8. The molecule has 0 radical (unpaired) electrons. The third-order valence-corrected chi connectivity index (χ3v) is 2.82. The van der Waals surface area contributed by atoms with Crippen LogP contribution in [0.2, 0.25) is 0 Å². The summed E-state index contributed by atoms with van der Waals surface area (Å²) in [7, 11) is 0. The molecule has 1 aromatic rings. The molecule has 0 spiro atoms. The predicted molar refractivity (Wildman–Crippen MR) is 66.5 cm³/mol. The van der Waals surface area contributed by atoms with Crippen LogP contribution in [-0.2, 0) is 4.79 Å². The minimum atomic E-state index is -5.04. The number of benzene rings is 1. The molecular formula is C13H14F3NO4. The molecule has 116 valence electrons. The molecule has 2 atom stereocenters. The number of halogens is 3. The summed E-state index contributed by atoms with van der Waals surface area (Å²) < 4.78 is 36.1. The molecule has 0 saturated heterocycles. The van der Waals surface area contributed by atoms with E-state index in [9.17, 15) is 33.0 Å². The van der Waals surface area contributed by atoms with Crippen LogP contribution in [0.1, 0.15) is 28.4 Å². The Hall–Kier alpha value is -1.77. The highest BCUT2D eigenvalue weighted by molar-refractivity contribution is 6.09. The highest BCUT2D eigenvalue weighted by Crippen LogP contribution is 2.21. The van der Waals surface area contributed by atoms with Crippen molar-refractivity contribution >= 4 is 11.6 Å². The average molecular weight is 305 g/mol. The number of ketones is 2. The van der Waals surface area contributed by atoms with Gasteiger partial charge in [0.1, 0.15) is 6.10 Å². The first kappa shape index (κ1) is 17.3. The van der Waals surface area contributed by atoms with Gasteiger partial charge in [-0.3, -0.25) is 9.59 Å². The molecule has 0 aliphatic carbocycles. The summed E-state index contributed by atoms with van der Waals surface area (Å²) in [4.78, 5) is 22.2. The number of carbonyl (C=O) groups is 2.